The summed E-state index contributed by atoms with van der Waals surface area (Å²) in [5.41, 5.74) is 6.54. The summed E-state index contributed by atoms with van der Waals surface area (Å²) in [4.78, 5) is 17.3. The van der Waals surface area contributed by atoms with Crippen LogP contribution in [0.2, 0.25) is 0 Å². The average Bonchev–Trinajstić information content (AvgIpc) is 3.11. The van der Waals surface area contributed by atoms with Gasteiger partial charge in [-0.25, -0.2) is 4.68 Å². The molecular weight excluding hydrogens is 388 g/mol. The van der Waals surface area contributed by atoms with E-state index >= 15 is 0 Å². The molecule has 2 aromatic heterocycles. The molecule has 158 valence electrons. The Balaban J connectivity index is 1.63. The number of ether oxygens (including phenoxy) is 1. The maximum Gasteiger partial charge on any atom is 0.224 e. The normalized spacial score (nSPS) is 11.0. The van der Waals surface area contributed by atoms with Gasteiger partial charge in [-0.3, -0.25) is 4.79 Å². The van der Waals surface area contributed by atoms with Crippen LogP contribution < -0.4 is 10.1 Å². The van der Waals surface area contributed by atoms with Crippen LogP contribution in [0, 0.1) is 20.8 Å². The first-order valence-corrected chi connectivity index (χ1v) is 10.3. The molecule has 0 atom stereocenters. The Morgan fingerprint density at radius 2 is 1.74 bits per heavy atom. The molecule has 6 heteroatoms. The van der Waals surface area contributed by atoms with Crippen molar-refractivity contribution in [1.82, 2.24) is 14.8 Å². The van der Waals surface area contributed by atoms with Gasteiger partial charge in [-0.15, -0.1) is 0 Å². The van der Waals surface area contributed by atoms with Crippen LogP contribution >= 0.6 is 0 Å². The van der Waals surface area contributed by atoms with E-state index in [0.29, 0.717) is 18.7 Å². The van der Waals surface area contributed by atoms with E-state index < -0.39 is 0 Å². The van der Waals surface area contributed by atoms with Gasteiger partial charge in [0.2, 0.25) is 11.8 Å². The number of carbonyl (C=O) groups excluding carboxylic acids is 1. The lowest BCUT2D eigenvalue weighted by Gasteiger charge is -2.13. The number of hydrogen-bond acceptors (Lipinski definition) is 4. The summed E-state index contributed by atoms with van der Waals surface area (Å²) in [5.74, 6) is 0.493. The molecule has 0 aliphatic heterocycles. The highest BCUT2D eigenvalue weighted by atomic mass is 16.5. The number of nitrogens with one attached hydrogen (secondary N) is 1. The van der Waals surface area contributed by atoms with E-state index in [1.54, 1.807) is 7.11 Å². The molecule has 31 heavy (non-hydrogen) atoms. The highest BCUT2D eigenvalue weighted by Crippen LogP contribution is 2.31. The van der Waals surface area contributed by atoms with Gasteiger partial charge in [0, 0.05) is 23.1 Å². The van der Waals surface area contributed by atoms with Crippen molar-refractivity contribution in [3.8, 4) is 11.6 Å². The molecule has 4 rings (SSSR count). The van der Waals surface area contributed by atoms with Gasteiger partial charge >= 0.3 is 0 Å². The van der Waals surface area contributed by atoms with E-state index in [4.69, 9.17) is 14.8 Å². The zero-order chi connectivity index (χ0) is 22.0. The van der Waals surface area contributed by atoms with E-state index in [2.05, 4.69) is 5.32 Å². The Hall–Kier alpha value is -3.67. The van der Waals surface area contributed by atoms with Gasteiger partial charge in [-0.2, -0.15) is 10.1 Å². The van der Waals surface area contributed by atoms with Crippen LogP contribution in [0.1, 0.15) is 28.8 Å². The van der Waals surface area contributed by atoms with E-state index in [0.717, 1.165) is 44.8 Å². The van der Waals surface area contributed by atoms with Crippen molar-refractivity contribution >= 4 is 22.6 Å². The van der Waals surface area contributed by atoms with Crippen molar-refractivity contribution in [1.29, 1.82) is 0 Å². The van der Waals surface area contributed by atoms with E-state index in [-0.39, 0.29) is 5.91 Å². The lowest BCUT2D eigenvalue weighted by atomic mass is 10.0. The topological polar surface area (TPSA) is 69.0 Å². The zero-order valence-electron chi connectivity index (χ0n) is 18.3. The quantitative estimate of drug-likeness (QED) is 0.486. The minimum absolute atomic E-state index is 0.0397. The minimum atomic E-state index is -0.0397. The van der Waals surface area contributed by atoms with Crippen molar-refractivity contribution in [3.63, 3.8) is 0 Å². The number of pyridine rings is 1. The lowest BCUT2D eigenvalue weighted by Crippen LogP contribution is -2.13. The third kappa shape index (κ3) is 4.14. The first-order valence-electron chi connectivity index (χ1n) is 10.3. The molecule has 0 saturated heterocycles. The zero-order valence-corrected chi connectivity index (χ0v) is 18.3. The maximum atomic E-state index is 12.5. The molecule has 1 N–H and O–H groups in total. The highest BCUT2D eigenvalue weighted by Gasteiger charge is 2.20. The summed E-state index contributed by atoms with van der Waals surface area (Å²) in [5, 5.41) is 8.67. The first-order chi connectivity index (χ1) is 15.0. The van der Waals surface area contributed by atoms with Crippen LogP contribution in [0.3, 0.4) is 0 Å². The highest BCUT2D eigenvalue weighted by molar-refractivity contribution is 5.91. The number of nitrogens with zero attached hydrogens (tertiary/aromatic N) is 3. The van der Waals surface area contributed by atoms with Crippen molar-refractivity contribution in [2.24, 2.45) is 0 Å². The molecule has 0 spiro atoms. The number of carbonyl (C=O) groups is 1. The number of methoxy groups -OCH3 is 1. The fraction of sp³-hybridized carbons (Fsp3) is 0.240. The third-order valence-electron chi connectivity index (χ3n) is 5.46. The van der Waals surface area contributed by atoms with Crippen LogP contribution in [-0.2, 0) is 11.2 Å². The van der Waals surface area contributed by atoms with Crippen LogP contribution in [0.5, 0.6) is 5.88 Å². The molecule has 0 aliphatic carbocycles. The second kappa shape index (κ2) is 8.60. The lowest BCUT2D eigenvalue weighted by molar-refractivity contribution is -0.116. The smallest absolute Gasteiger partial charge is 0.224 e. The summed E-state index contributed by atoms with van der Waals surface area (Å²) in [6.07, 6.45) is 0.871. The first kappa shape index (κ1) is 20.6. The molecular formula is C25H26N4O2. The molecule has 0 bridgehead atoms. The fourth-order valence-electron chi connectivity index (χ4n) is 3.84. The molecule has 6 nitrogen and oxygen atoms in total. The summed E-state index contributed by atoms with van der Waals surface area (Å²) in [7, 11) is 1.61. The van der Waals surface area contributed by atoms with Gasteiger partial charge in [0.05, 0.1) is 18.5 Å². The number of rotatable bonds is 6. The second-order valence-electron chi connectivity index (χ2n) is 7.67. The predicted molar refractivity (Wildman–Crippen MR) is 123 cm³/mol. The molecule has 0 radical (unpaired) electrons. The van der Waals surface area contributed by atoms with Crippen LogP contribution in [0.4, 0.5) is 5.69 Å². The number of fused-ring (bicyclic) bond motifs is 1. The van der Waals surface area contributed by atoms with Crippen LogP contribution in [-0.4, -0.2) is 27.8 Å². The summed E-state index contributed by atoms with van der Waals surface area (Å²) in [6, 6.07) is 17.7. The Labute approximate surface area is 181 Å². The van der Waals surface area contributed by atoms with Crippen LogP contribution in [0.25, 0.3) is 16.7 Å². The number of amides is 1. The molecule has 1 amide bonds. The molecule has 0 unspecified atom stereocenters. The van der Waals surface area contributed by atoms with Crippen molar-refractivity contribution < 1.29 is 9.53 Å². The molecule has 4 aromatic rings. The molecule has 0 aliphatic rings. The number of benzene rings is 2. The van der Waals surface area contributed by atoms with Gasteiger partial charge in [-0.1, -0.05) is 35.9 Å². The van der Waals surface area contributed by atoms with Gasteiger partial charge in [-0.05, 0) is 57.0 Å². The number of anilines is 1. The largest absolute Gasteiger partial charge is 0.481 e. The molecule has 2 aromatic carbocycles. The van der Waals surface area contributed by atoms with Crippen molar-refractivity contribution in [2.75, 3.05) is 12.4 Å². The van der Waals surface area contributed by atoms with E-state index in [9.17, 15) is 4.79 Å². The minimum Gasteiger partial charge on any atom is -0.481 e. The number of aryl methyl sites for hydroxylation is 3. The predicted octanol–water partition coefficient (Wildman–Crippen LogP) is 4.93. The standard InChI is InChI=1S/C25H26N4O2/c1-16-10-12-19(13-11-16)26-22(30)15-14-21-17(2)23-18(3)28-29(20-8-6-5-7-9-20)24(23)27-25(21)31-4/h5-13H,14-15H2,1-4H3,(H,26,30). The maximum absolute atomic E-state index is 12.5. The van der Waals surface area contributed by atoms with E-state index in [1.807, 2.05) is 80.1 Å². The number of hydrogen-bond donors (Lipinski definition) is 1. The number of aromatic nitrogens is 3. The molecule has 2 heterocycles. The van der Waals surface area contributed by atoms with Crippen molar-refractivity contribution in [3.05, 3.63) is 77.0 Å². The summed E-state index contributed by atoms with van der Waals surface area (Å²) in [6.45, 7) is 6.05. The van der Waals surface area contributed by atoms with E-state index in [1.165, 1.54) is 0 Å². The van der Waals surface area contributed by atoms with Gasteiger partial charge < -0.3 is 10.1 Å². The fourth-order valence-corrected chi connectivity index (χ4v) is 3.84. The Morgan fingerprint density at radius 1 is 1.03 bits per heavy atom. The summed E-state index contributed by atoms with van der Waals surface area (Å²) >= 11 is 0. The monoisotopic (exact) mass is 414 g/mol. The molecule has 0 fully saturated rings. The van der Waals surface area contributed by atoms with Crippen molar-refractivity contribution in [2.45, 2.75) is 33.6 Å². The third-order valence-corrected chi connectivity index (χ3v) is 5.46. The van der Waals surface area contributed by atoms with Crippen LogP contribution in [0.15, 0.2) is 54.6 Å². The SMILES string of the molecule is COc1nc2c(c(C)nn2-c2ccccc2)c(C)c1CCC(=O)Nc1ccc(C)cc1. The Kier molecular flexibility index (Phi) is 5.71. The molecule has 0 saturated carbocycles. The number of para-hydroxylation sites is 1. The summed E-state index contributed by atoms with van der Waals surface area (Å²) < 4.78 is 7.46. The Morgan fingerprint density at radius 3 is 2.42 bits per heavy atom. The average molecular weight is 415 g/mol. The van der Waals surface area contributed by atoms with Gasteiger partial charge in [0.1, 0.15) is 0 Å². The van der Waals surface area contributed by atoms with Gasteiger partial charge in [0.25, 0.3) is 0 Å². The van der Waals surface area contributed by atoms with Gasteiger partial charge in [0.15, 0.2) is 5.65 Å². The Bertz CT molecular complexity index is 1230. The second-order valence-corrected chi connectivity index (χ2v) is 7.67.